The molecular formula is C49H64F2N4O11S2Si. The predicted octanol–water partition coefficient (Wildman–Crippen LogP) is 7.56. The van der Waals surface area contributed by atoms with Gasteiger partial charge in [0.25, 0.3) is 11.8 Å². The van der Waals surface area contributed by atoms with Crippen LogP contribution < -0.4 is 30.0 Å². The van der Waals surface area contributed by atoms with Gasteiger partial charge in [0.05, 0.1) is 36.7 Å². The molecule has 1 saturated heterocycles. The van der Waals surface area contributed by atoms with Gasteiger partial charge in [0, 0.05) is 66.4 Å². The van der Waals surface area contributed by atoms with Crippen LogP contribution in [0, 0.1) is 11.6 Å². The van der Waals surface area contributed by atoms with E-state index in [4.69, 9.17) is 32.2 Å². The molecule has 3 aliphatic heterocycles. The number of primary amides is 1. The Kier molecular flexibility index (Phi) is 20.9. The van der Waals surface area contributed by atoms with E-state index in [1.165, 1.54) is 26.4 Å². The third-order valence-electron chi connectivity index (χ3n) is 10.9. The summed E-state index contributed by atoms with van der Waals surface area (Å²) in [6, 6.07) is 15.3. The molecule has 0 radical (unpaired) electrons. The second kappa shape index (κ2) is 26.0. The minimum Gasteiger partial charge on any atom is -0.497 e. The summed E-state index contributed by atoms with van der Waals surface area (Å²) in [7, 11) is 1.50. The van der Waals surface area contributed by atoms with E-state index in [9.17, 15) is 37.5 Å². The molecule has 20 heteroatoms. The SMILES string of the molecule is C.C.S.S.[2H][C@@](CCC(=O)OCC[Si](C)(C)C)(C(N)=O)N1Cc2c(OCc3ccc(OC)cc3F)cccc2C1=O.[2H][C@@]1(N2Cc3c(OCc4ccc(OC)cc4F)cccc3C2=O)CCC(=O)NC1=O. The van der Waals surface area contributed by atoms with Crippen molar-refractivity contribution < 1.29 is 64.0 Å². The smallest absolute Gasteiger partial charge is 0.305 e. The van der Waals surface area contributed by atoms with Gasteiger partial charge in [0.2, 0.25) is 17.7 Å². The highest BCUT2D eigenvalue weighted by Gasteiger charge is 2.41. The number of nitrogens with two attached hydrogens (primary N) is 1. The molecule has 3 aliphatic rings. The van der Waals surface area contributed by atoms with Crippen LogP contribution in [0.4, 0.5) is 8.78 Å². The van der Waals surface area contributed by atoms with E-state index < -0.39 is 67.2 Å². The average molecular weight is 1020 g/mol. The van der Waals surface area contributed by atoms with Crippen LogP contribution in [0.25, 0.3) is 0 Å². The summed E-state index contributed by atoms with van der Waals surface area (Å²) in [5, 5.41) is 2.13. The molecule has 4 aromatic carbocycles. The number of carbonyl (C=O) groups is 6. The monoisotopic (exact) mass is 1020 g/mol. The third kappa shape index (κ3) is 14.7. The number of rotatable bonds is 17. The lowest BCUT2D eigenvalue weighted by Crippen LogP contribution is -2.52. The maximum Gasteiger partial charge on any atom is 0.305 e. The van der Waals surface area contributed by atoms with Gasteiger partial charge >= 0.3 is 5.97 Å². The number of fused-ring (bicyclic) bond motifs is 2. The van der Waals surface area contributed by atoms with Crippen molar-refractivity contribution in [3.8, 4) is 23.0 Å². The molecule has 3 heterocycles. The highest BCUT2D eigenvalue weighted by atomic mass is 32.1. The van der Waals surface area contributed by atoms with Crippen LogP contribution in [0.1, 0.15) is 86.2 Å². The minimum atomic E-state index is -2.16. The standard InChI is InChI=1S/C26H33FN2O6Si.C21H19FN2O5.2CH4.2H2S/c1-33-18-9-8-17(21(27)14-18)16-35-23-7-5-6-19-20(23)15-29(26(19)32)22(25(28)31)10-11-24(30)34-12-13-36(2,3)4;1-28-13-6-5-12(16(22)9-13)11-29-18-4-2-3-14-15(18)10-24(21(14)27)17-7-8-19(25)23-20(17)26;;;;/h5-9,14,22H,10-13,15-16H2,1-4H3,(H2,28,31);2-6,9,17H,7-8,10-11H2,1H3,(H,23,25,26);2*1H4;2*1H2/t22-;17-;;;;/m11..../s1/i22D;17D;;;;. The second-order valence-electron chi connectivity index (χ2n) is 16.5. The van der Waals surface area contributed by atoms with E-state index in [0.717, 1.165) is 15.8 Å². The number of ether oxygens (including phenoxy) is 5. The van der Waals surface area contributed by atoms with Gasteiger partial charge in [0.1, 0.15) is 59.9 Å². The van der Waals surface area contributed by atoms with Crippen LogP contribution in [0.3, 0.4) is 0 Å². The molecule has 15 nitrogen and oxygen atoms in total. The first kappa shape index (κ1) is 55.5. The molecule has 3 N–H and O–H groups in total. The first-order chi connectivity index (χ1) is 31.7. The van der Waals surface area contributed by atoms with Crippen LogP contribution in [-0.4, -0.2) is 86.2 Å². The number of nitrogens with one attached hydrogen (secondary N) is 1. The molecule has 69 heavy (non-hydrogen) atoms. The highest BCUT2D eigenvalue weighted by Crippen LogP contribution is 2.36. The number of imide groups is 1. The fraction of sp³-hybridized carbons (Fsp3) is 0.388. The zero-order valence-electron chi connectivity index (χ0n) is 39.7. The number of hydrogen-bond acceptors (Lipinski definition) is 11. The van der Waals surface area contributed by atoms with E-state index in [0.29, 0.717) is 50.8 Å². The van der Waals surface area contributed by atoms with Crippen molar-refractivity contribution in [1.82, 2.24) is 15.1 Å². The van der Waals surface area contributed by atoms with E-state index in [1.54, 1.807) is 60.7 Å². The zero-order chi connectivity index (χ0) is 48.8. The summed E-state index contributed by atoms with van der Waals surface area (Å²) in [4.78, 5) is 76.6. The van der Waals surface area contributed by atoms with Crippen molar-refractivity contribution in [3.63, 3.8) is 0 Å². The van der Waals surface area contributed by atoms with Crippen molar-refractivity contribution >= 4 is 70.6 Å². The largest absolute Gasteiger partial charge is 0.497 e. The molecule has 5 amide bonds. The van der Waals surface area contributed by atoms with Crippen molar-refractivity contribution in [2.45, 2.75) is 105 Å². The van der Waals surface area contributed by atoms with Crippen LogP contribution in [0.5, 0.6) is 23.0 Å². The molecule has 0 aromatic heterocycles. The maximum atomic E-state index is 14.3. The number of halogens is 2. The third-order valence-corrected chi connectivity index (χ3v) is 12.6. The summed E-state index contributed by atoms with van der Waals surface area (Å²) in [5.41, 5.74) is 7.71. The molecule has 0 aliphatic carbocycles. The van der Waals surface area contributed by atoms with Gasteiger partial charge in [-0.15, -0.1) is 0 Å². The number of carbonyl (C=O) groups excluding carboxylic acids is 6. The first-order valence-corrected chi connectivity index (χ1v) is 24.5. The van der Waals surface area contributed by atoms with Crippen molar-refractivity contribution in [2.75, 3.05) is 20.8 Å². The Labute approximate surface area is 420 Å². The van der Waals surface area contributed by atoms with Crippen LogP contribution >= 0.6 is 27.0 Å². The second-order valence-corrected chi connectivity index (χ2v) is 22.1. The zero-order valence-corrected chi connectivity index (χ0v) is 40.7. The Bertz CT molecular complexity index is 2610. The molecule has 4 aromatic rings. The lowest BCUT2D eigenvalue weighted by atomic mass is 10.0. The van der Waals surface area contributed by atoms with E-state index in [-0.39, 0.29) is 106 Å². The summed E-state index contributed by atoms with van der Waals surface area (Å²) in [5.74, 6) is -3.45. The van der Waals surface area contributed by atoms with Crippen LogP contribution in [0.2, 0.25) is 25.7 Å². The van der Waals surface area contributed by atoms with Gasteiger partial charge in [-0.25, -0.2) is 8.78 Å². The number of methoxy groups -OCH3 is 2. The fourth-order valence-corrected chi connectivity index (χ4v) is 7.90. The highest BCUT2D eigenvalue weighted by molar-refractivity contribution is 7.59. The number of nitrogens with zero attached hydrogens (tertiary/aromatic N) is 2. The number of esters is 1. The summed E-state index contributed by atoms with van der Waals surface area (Å²) >= 11 is 0. The fourth-order valence-electron chi connectivity index (χ4n) is 7.19. The van der Waals surface area contributed by atoms with Gasteiger partial charge in [0.15, 0.2) is 0 Å². The molecule has 0 unspecified atom stereocenters. The summed E-state index contributed by atoms with van der Waals surface area (Å²) < 4.78 is 72.7. The molecule has 7 rings (SSSR count). The Hall–Kier alpha value is -6.12. The Balaban J connectivity index is 0.000000468. The molecule has 0 saturated carbocycles. The molecule has 2 atom stereocenters. The van der Waals surface area contributed by atoms with Crippen molar-refractivity contribution in [1.29, 1.82) is 0 Å². The normalized spacial score (nSPS) is 16.9. The van der Waals surface area contributed by atoms with E-state index in [1.807, 2.05) is 0 Å². The quantitative estimate of drug-likeness (QED) is 0.0603. The molecule has 0 spiro atoms. The Morgan fingerprint density at radius 2 is 1.35 bits per heavy atom. The van der Waals surface area contributed by atoms with Gasteiger partial charge < -0.3 is 39.2 Å². The van der Waals surface area contributed by atoms with Gasteiger partial charge in [-0.1, -0.05) is 46.6 Å². The lowest BCUT2D eigenvalue weighted by Gasteiger charge is -2.29. The van der Waals surface area contributed by atoms with Crippen molar-refractivity contribution in [3.05, 3.63) is 118 Å². The summed E-state index contributed by atoms with van der Waals surface area (Å²) in [6.07, 6.45) is -0.639. The van der Waals surface area contributed by atoms with Gasteiger partial charge in [-0.2, -0.15) is 27.0 Å². The topological polar surface area (TPSA) is 193 Å². The van der Waals surface area contributed by atoms with Crippen LogP contribution in [0.15, 0.2) is 72.8 Å². The number of piperidine rings is 1. The summed E-state index contributed by atoms with van der Waals surface area (Å²) in [6.45, 7) is 6.44. The van der Waals surface area contributed by atoms with Gasteiger partial charge in [-0.05, 0) is 67.4 Å². The Morgan fingerprint density at radius 1 is 0.826 bits per heavy atom. The molecular weight excluding hydrogens is 951 g/mol. The van der Waals surface area contributed by atoms with Crippen LogP contribution in [-0.2, 0) is 50.2 Å². The first-order valence-electron chi connectivity index (χ1n) is 21.8. The van der Waals surface area contributed by atoms with Crippen molar-refractivity contribution in [2.24, 2.45) is 5.73 Å². The molecule has 1 fully saturated rings. The minimum absolute atomic E-state index is 0. The number of amides is 5. The van der Waals surface area contributed by atoms with E-state index >= 15 is 0 Å². The average Bonchev–Trinajstić information content (AvgIpc) is 3.83. The molecule has 0 bridgehead atoms. The van der Waals surface area contributed by atoms with E-state index in [2.05, 4.69) is 25.0 Å². The lowest BCUT2D eigenvalue weighted by molar-refractivity contribution is -0.143. The predicted molar refractivity (Wildman–Crippen MR) is 269 cm³/mol. The van der Waals surface area contributed by atoms with Gasteiger partial charge in [-0.3, -0.25) is 34.1 Å². The maximum absolute atomic E-state index is 14.3. The number of hydrogen-bond donors (Lipinski definition) is 2. The Morgan fingerprint density at radius 3 is 1.83 bits per heavy atom. The number of benzene rings is 4. The molecule has 376 valence electrons.